The molecule has 19 heavy (non-hydrogen) atoms. The number of aromatic nitrogens is 2. The summed E-state index contributed by atoms with van der Waals surface area (Å²) in [6.07, 6.45) is 0. The lowest BCUT2D eigenvalue weighted by Gasteiger charge is -2.07. The van der Waals surface area contributed by atoms with Gasteiger partial charge in [0.25, 0.3) is 0 Å². The Morgan fingerprint density at radius 1 is 1.26 bits per heavy atom. The molecule has 0 atom stereocenters. The third-order valence-corrected chi connectivity index (χ3v) is 3.76. The van der Waals surface area contributed by atoms with Crippen LogP contribution in [0.15, 0.2) is 29.3 Å². The summed E-state index contributed by atoms with van der Waals surface area (Å²) in [6, 6.07) is 7.63. The standard InChI is InChI=1S/C13H15ClN4S/c1-8-5-9(2)16-13(6-8)19-7-11-10(14)3-4-12(17-11)18-15/h3-6H,7,15H2,1-2H3,(H,17,18). The van der Waals surface area contributed by atoms with Crippen molar-refractivity contribution >= 4 is 29.2 Å². The number of pyridine rings is 2. The van der Waals surface area contributed by atoms with Crippen molar-refractivity contribution in [2.45, 2.75) is 24.6 Å². The second-order valence-electron chi connectivity index (χ2n) is 4.18. The molecule has 0 unspecified atom stereocenters. The van der Waals surface area contributed by atoms with Crippen LogP contribution in [0.25, 0.3) is 0 Å². The predicted molar refractivity (Wildman–Crippen MR) is 80.3 cm³/mol. The molecule has 2 rings (SSSR count). The number of hydrogen-bond donors (Lipinski definition) is 2. The molecule has 4 nitrogen and oxygen atoms in total. The van der Waals surface area contributed by atoms with Crippen molar-refractivity contribution in [2.75, 3.05) is 5.43 Å². The van der Waals surface area contributed by atoms with Crippen molar-refractivity contribution in [1.29, 1.82) is 0 Å². The quantitative estimate of drug-likeness (QED) is 0.514. The molecular weight excluding hydrogens is 280 g/mol. The van der Waals surface area contributed by atoms with E-state index in [0.29, 0.717) is 16.6 Å². The Balaban J connectivity index is 2.13. The fourth-order valence-electron chi connectivity index (χ4n) is 1.69. The highest BCUT2D eigenvalue weighted by atomic mass is 35.5. The SMILES string of the molecule is Cc1cc(C)nc(SCc2nc(NN)ccc2Cl)c1. The molecule has 0 aliphatic carbocycles. The van der Waals surface area contributed by atoms with Gasteiger partial charge in [-0.3, -0.25) is 0 Å². The van der Waals surface area contributed by atoms with Gasteiger partial charge in [-0.2, -0.15) is 0 Å². The van der Waals surface area contributed by atoms with Crippen LogP contribution in [0.4, 0.5) is 5.82 Å². The molecule has 0 amide bonds. The van der Waals surface area contributed by atoms with E-state index in [1.165, 1.54) is 5.56 Å². The van der Waals surface area contributed by atoms with E-state index in [1.807, 2.05) is 13.0 Å². The number of nitrogens with two attached hydrogens (primary N) is 1. The average molecular weight is 295 g/mol. The van der Waals surface area contributed by atoms with Gasteiger partial charge in [0.2, 0.25) is 0 Å². The Morgan fingerprint density at radius 2 is 2.05 bits per heavy atom. The van der Waals surface area contributed by atoms with Crippen LogP contribution in [0.3, 0.4) is 0 Å². The van der Waals surface area contributed by atoms with Gasteiger partial charge in [0, 0.05) is 11.4 Å². The van der Waals surface area contributed by atoms with Gasteiger partial charge in [-0.15, -0.1) is 0 Å². The molecule has 0 fully saturated rings. The fourth-order valence-corrected chi connectivity index (χ4v) is 2.92. The Kier molecular flexibility index (Phi) is 4.63. The Hall–Kier alpha value is -1.30. The first-order valence-electron chi connectivity index (χ1n) is 5.78. The summed E-state index contributed by atoms with van der Waals surface area (Å²) in [7, 11) is 0. The predicted octanol–water partition coefficient (Wildman–Crippen LogP) is 3.32. The van der Waals surface area contributed by atoms with Crippen LogP contribution in [0, 0.1) is 13.8 Å². The summed E-state index contributed by atoms with van der Waals surface area (Å²) in [6.45, 7) is 4.05. The van der Waals surface area contributed by atoms with Crippen LogP contribution in [0.2, 0.25) is 5.02 Å². The van der Waals surface area contributed by atoms with Crippen molar-refractivity contribution < 1.29 is 0 Å². The first-order chi connectivity index (χ1) is 9.08. The van der Waals surface area contributed by atoms with E-state index in [-0.39, 0.29) is 0 Å². The summed E-state index contributed by atoms with van der Waals surface area (Å²) < 4.78 is 0. The lowest BCUT2D eigenvalue weighted by atomic mass is 10.3. The minimum atomic E-state index is 0.605. The highest BCUT2D eigenvalue weighted by molar-refractivity contribution is 7.98. The largest absolute Gasteiger partial charge is 0.308 e. The van der Waals surface area contributed by atoms with Crippen molar-refractivity contribution in [3.05, 3.63) is 46.2 Å². The van der Waals surface area contributed by atoms with Crippen LogP contribution >= 0.6 is 23.4 Å². The summed E-state index contributed by atoms with van der Waals surface area (Å²) >= 11 is 7.73. The molecule has 0 saturated heterocycles. The van der Waals surface area contributed by atoms with Crippen molar-refractivity contribution in [1.82, 2.24) is 9.97 Å². The van der Waals surface area contributed by atoms with Gasteiger partial charge in [0.15, 0.2) is 0 Å². The fraction of sp³-hybridized carbons (Fsp3) is 0.231. The van der Waals surface area contributed by atoms with Crippen LogP contribution in [-0.4, -0.2) is 9.97 Å². The van der Waals surface area contributed by atoms with Gasteiger partial charge in [0.1, 0.15) is 5.82 Å². The maximum Gasteiger partial charge on any atom is 0.140 e. The number of rotatable bonds is 4. The third-order valence-electron chi connectivity index (χ3n) is 2.50. The number of aryl methyl sites for hydroxylation is 2. The molecule has 2 heterocycles. The molecule has 0 aliphatic rings. The van der Waals surface area contributed by atoms with Gasteiger partial charge >= 0.3 is 0 Å². The van der Waals surface area contributed by atoms with E-state index >= 15 is 0 Å². The van der Waals surface area contributed by atoms with E-state index < -0.39 is 0 Å². The zero-order valence-electron chi connectivity index (χ0n) is 10.8. The minimum absolute atomic E-state index is 0.605. The van der Waals surface area contributed by atoms with E-state index in [4.69, 9.17) is 17.4 Å². The van der Waals surface area contributed by atoms with E-state index in [9.17, 15) is 0 Å². The van der Waals surface area contributed by atoms with Crippen molar-refractivity contribution in [3.63, 3.8) is 0 Å². The molecule has 0 aliphatic heterocycles. The molecule has 0 saturated carbocycles. The Bertz CT molecular complexity index is 569. The van der Waals surface area contributed by atoms with Crippen molar-refractivity contribution in [2.24, 2.45) is 5.84 Å². The summed E-state index contributed by atoms with van der Waals surface area (Å²) in [5.41, 5.74) is 5.52. The van der Waals surface area contributed by atoms with Gasteiger partial charge < -0.3 is 5.43 Å². The van der Waals surface area contributed by atoms with Gasteiger partial charge in [-0.05, 0) is 43.7 Å². The molecule has 0 radical (unpaired) electrons. The smallest absolute Gasteiger partial charge is 0.140 e. The molecule has 2 aromatic heterocycles. The molecule has 0 aromatic carbocycles. The number of anilines is 1. The number of nitrogens with zero attached hydrogens (tertiary/aromatic N) is 2. The second-order valence-corrected chi connectivity index (χ2v) is 5.58. The van der Waals surface area contributed by atoms with Crippen LogP contribution < -0.4 is 11.3 Å². The maximum absolute atomic E-state index is 6.12. The van der Waals surface area contributed by atoms with E-state index in [2.05, 4.69) is 28.4 Å². The Morgan fingerprint density at radius 3 is 2.74 bits per heavy atom. The van der Waals surface area contributed by atoms with Crippen LogP contribution in [-0.2, 0) is 5.75 Å². The number of hydrazine groups is 1. The lowest BCUT2D eigenvalue weighted by molar-refractivity contribution is 1.04. The second kappa shape index (κ2) is 6.23. The normalized spacial score (nSPS) is 10.5. The van der Waals surface area contributed by atoms with E-state index in [0.717, 1.165) is 16.4 Å². The zero-order chi connectivity index (χ0) is 13.8. The molecule has 0 bridgehead atoms. The minimum Gasteiger partial charge on any atom is -0.308 e. The van der Waals surface area contributed by atoms with Gasteiger partial charge in [0.05, 0.1) is 15.7 Å². The van der Waals surface area contributed by atoms with Crippen LogP contribution in [0.1, 0.15) is 17.0 Å². The number of halogens is 1. The number of hydrogen-bond acceptors (Lipinski definition) is 5. The third kappa shape index (κ3) is 3.83. The van der Waals surface area contributed by atoms with Gasteiger partial charge in [-0.1, -0.05) is 23.4 Å². The first-order valence-corrected chi connectivity index (χ1v) is 7.15. The van der Waals surface area contributed by atoms with Crippen LogP contribution in [0.5, 0.6) is 0 Å². The summed E-state index contributed by atoms with van der Waals surface area (Å²) in [5, 5.41) is 1.61. The summed E-state index contributed by atoms with van der Waals surface area (Å²) in [5.74, 6) is 6.60. The number of thioether (sulfide) groups is 1. The monoisotopic (exact) mass is 294 g/mol. The molecule has 100 valence electrons. The van der Waals surface area contributed by atoms with Gasteiger partial charge in [-0.25, -0.2) is 15.8 Å². The molecule has 3 N–H and O–H groups in total. The zero-order valence-corrected chi connectivity index (χ0v) is 12.3. The molecule has 0 spiro atoms. The topological polar surface area (TPSA) is 63.8 Å². The average Bonchev–Trinajstić information content (AvgIpc) is 2.37. The van der Waals surface area contributed by atoms with E-state index in [1.54, 1.807) is 23.9 Å². The highest BCUT2D eigenvalue weighted by Crippen LogP contribution is 2.26. The molecule has 2 aromatic rings. The summed E-state index contributed by atoms with van der Waals surface area (Å²) in [4.78, 5) is 8.81. The first kappa shape index (κ1) is 14.1. The maximum atomic E-state index is 6.12. The molecule has 6 heteroatoms. The Labute approximate surface area is 121 Å². The highest BCUT2D eigenvalue weighted by Gasteiger charge is 2.06. The van der Waals surface area contributed by atoms with Crippen molar-refractivity contribution in [3.8, 4) is 0 Å². The lowest BCUT2D eigenvalue weighted by Crippen LogP contribution is -2.09. The number of nitrogens with one attached hydrogen (secondary N) is 1. The number of nitrogen functional groups attached to an aromatic ring is 1. The molecular formula is C13H15ClN4S.